The van der Waals surface area contributed by atoms with Gasteiger partial charge in [-0.3, -0.25) is 0 Å². The van der Waals surface area contributed by atoms with Crippen LogP contribution in [0.4, 0.5) is 0 Å². The Labute approximate surface area is 74.7 Å². The van der Waals surface area contributed by atoms with E-state index in [9.17, 15) is 0 Å². The van der Waals surface area contributed by atoms with Crippen molar-refractivity contribution >= 4 is 0 Å². The molecule has 0 aromatic heterocycles. The lowest BCUT2D eigenvalue weighted by Crippen LogP contribution is -1.73. The van der Waals surface area contributed by atoms with Crippen LogP contribution in [-0.4, -0.2) is 0 Å². The van der Waals surface area contributed by atoms with Crippen LogP contribution in [0.25, 0.3) is 0 Å². The average molecular weight is 161 g/mol. The van der Waals surface area contributed by atoms with Gasteiger partial charge in [0.2, 0.25) is 0 Å². The van der Waals surface area contributed by atoms with Gasteiger partial charge in [-0.2, -0.15) is 5.26 Å². The molecule has 0 bridgehead atoms. The molecule has 1 nitrogen and oxygen atoms in total. The maximum atomic E-state index is 8.61. The van der Waals surface area contributed by atoms with E-state index >= 15 is 0 Å². The van der Waals surface area contributed by atoms with E-state index in [0.717, 1.165) is 12.0 Å². The summed E-state index contributed by atoms with van der Waals surface area (Å²) >= 11 is 0. The van der Waals surface area contributed by atoms with E-state index in [0.29, 0.717) is 5.57 Å². The van der Waals surface area contributed by atoms with E-state index < -0.39 is 0 Å². The topological polar surface area (TPSA) is 23.8 Å². The highest BCUT2D eigenvalue weighted by Gasteiger charge is 1.86. The number of nitriles is 1. The van der Waals surface area contributed by atoms with Crippen LogP contribution >= 0.6 is 0 Å². The molecule has 0 unspecified atom stereocenters. The van der Waals surface area contributed by atoms with E-state index in [1.54, 1.807) is 0 Å². The van der Waals surface area contributed by atoms with Crippen molar-refractivity contribution in [3.63, 3.8) is 0 Å². The molecule has 0 atom stereocenters. The SMILES string of the molecule is C/C=C(C#N)\C=C(\C)C=CCC. The molecule has 0 aliphatic heterocycles. The first-order chi connectivity index (χ1) is 5.74. The van der Waals surface area contributed by atoms with Crippen LogP contribution in [0, 0.1) is 11.3 Å². The van der Waals surface area contributed by atoms with Gasteiger partial charge < -0.3 is 0 Å². The van der Waals surface area contributed by atoms with Gasteiger partial charge in [0.05, 0.1) is 6.07 Å². The fourth-order valence-electron chi connectivity index (χ4n) is 0.777. The summed E-state index contributed by atoms with van der Waals surface area (Å²) < 4.78 is 0. The molecule has 0 N–H and O–H groups in total. The fraction of sp³-hybridized carbons (Fsp3) is 0.364. The summed E-state index contributed by atoms with van der Waals surface area (Å²) in [6.45, 7) is 5.95. The minimum absolute atomic E-state index is 0.716. The van der Waals surface area contributed by atoms with Gasteiger partial charge in [-0.05, 0) is 26.3 Å². The van der Waals surface area contributed by atoms with Crippen molar-refractivity contribution in [2.24, 2.45) is 0 Å². The molecule has 0 radical (unpaired) electrons. The van der Waals surface area contributed by atoms with E-state index in [-0.39, 0.29) is 0 Å². The van der Waals surface area contributed by atoms with Crippen molar-refractivity contribution in [1.82, 2.24) is 0 Å². The van der Waals surface area contributed by atoms with Gasteiger partial charge in [0.1, 0.15) is 0 Å². The zero-order chi connectivity index (χ0) is 9.40. The summed E-state index contributed by atoms with van der Waals surface area (Å²) in [7, 11) is 0. The van der Waals surface area contributed by atoms with E-state index in [4.69, 9.17) is 5.26 Å². The smallest absolute Gasteiger partial charge is 0.0988 e. The van der Waals surface area contributed by atoms with Crippen molar-refractivity contribution in [2.75, 3.05) is 0 Å². The lowest BCUT2D eigenvalue weighted by atomic mass is 10.1. The first kappa shape index (κ1) is 10.7. The van der Waals surface area contributed by atoms with Crippen LogP contribution in [0.3, 0.4) is 0 Å². The molecule has 64 valence electrons. The highest BCUT2D eigenvalue weighted by atomic mass is 14.2. The molecule has 0 aliphatic rings. The Morgan fingerprint density at radius 2 is 2.17 bits per heavy atom. The second-order valence-electron chi connectivity index (χ2n) is 2.55. The summed E-state index contributed by atoms with van der Waals surface area (Å²) in [5.74, 6) is 0. The second kappa shape index (κ2) is 6.42. The molecular weight excluding hydrogens is 146 g/mol. The minimum atomic E-state index is 0.716. The first-order valence-electron chi connectivity index (χ1n) is 4.15. The normalized spacial score (nSPS) is 13.5. The largest absolute Gasteiger partial charge is 0.192 e. The molecule has 0 aromatic carbocycles. The molecule has 0 amide bonds. The quantitative estimate of drug-likeness (QED) is 0.460. The first-order valence-corrected chi connectivity index (χ1v) is 4.15. The molecule has 0 aromatic rings. The third kappa shape index (κ3) is 4.51. The minimum Gasteiger partial charge on any atom is -0.192 e. The molecule has 1 heteroatoms. The molecule has 12 heavy (non-hydrogen) atoms. The van der Waals surface area contributed by atoms with Gasteiger partial charge >= 0.3 is 0 Å². The monoisotopic (exact) mass is 161 g/mol. The third-order valence-electron chi connectivity index (χ3n) is 1.44. The molecule has 0 fully saturated rings. The van der Waals surface area contributed by atoms with Crippen LogP contribution in [0.1, 0.15) is 27.2 Å². The molecule has 0 saturated carbocycles. The Morgan fingerprint density at radius 3 is 2.58 bits per heavy atom. The highest BCUT2D eigenvalue weighted by molar-refractivity contribution is 5.37. The average Bonchev–Trinajstić information content (AvgIpc) is 2.10. The van der Waals surface area contributed by atoms with Gasteiger partial charge in [-0.1, -0.05) is 30.7 Å². The molecule has 0 rings (SSSR count). The zero-order valence-corrected chi connectivity index (χ0v) is 7.96. The number of rotatable bonds is 3. The Balaban J connectivity index is 4.37. The molecule has 0 aliphatic carbocycles. The predicted octanol–water partition coefficient (Wildman–Crippen LogP) is 3.37. The highest BCUT2D eigenvalue weighted by Crippen LogP contribution is 2.02. The van der Waals surface area contributed by atoms with Crippen molar-refractivity contribution in [2.45, 2.75) is 27.2 Å². The predicted molar refractivity (Wildman–Crippen MR) is 52.6 cm³/mol. The summed E-state index contributed by atoms with van der Waals surface area (Å²) in [5, 5.41) is 8.61. The Kier molecular flexibility index (Phi) is 5.73. The fourth-order valence-corrected chi connectivity index (χ4v) is 0.777. The maximum Gasteiger partial charge on any atom is 0.0988 e. The van der Waals surface area contributed by atoms with Gasteiger partial charge in [0, 0.05) is 5.57 Å². The Bertz CT molecular complexity index is 249. The number of hydrogen-bond acceptors (Lipinski definition) is 1. The maximum absolute atomic E-state index is 8.61. The van der Waals surface area contributed by atoms with Crippen molar-refractivity contribution in [1.29, 1.82) is 5.26 Å². The summed E-state index contributed by atoms with van der Waals surface area (Å²) in [5.41, 5.74) is 1.83. The Morgan fingerprint density at radius 1 is 1.50 bits per heavy atom. The third-order valence-corrected chi connectivity index (χ3v) is 1.44. The van der Waals surface area contributed by atoms with E-state index in [1.807, 2.05) is 32.1 Å². The van der Waals surface area contributed by atoms with Crippen molar-refractivity contribution in [3.8, 4) is 6.07 Å². The van der Waals surface area contributed by atoms with Crippen LogP contribution in [0.5, 0.6) is 0 Å². The lowest BCUT2D eigenvalue weighted by molar-refractivity contribution is 1.22. The van der Waals surface area contributed by atoms with Gasteiger partial charge in [0.15, 0.2) is 0 Å². The van der Waals surface area contributed by atoms with Gasteiger partial charge in [-0.25, -0.2) is 0 Å². The van der Waals surface area contributed by atoms with Crippen molar-refractivity contribution in [3.05, 3.63) is 35.5 Å². The summed E-state index contributed by atoms with van der Waals surface area (Å²) in [6.07, 6.45) is 8.83. The van der Waals surface area contributed by atoms with Gasteiger partial charge in [0.25, 0.3) is 0 Å². The van der Waals surface area contributed by atoms with Crippen LogP contribution in [-0.2, 0) is 0 Å². The van der Waals surface area contributed by atoms with Gasteiger partial charge in [-0.15, -0.1) is 0 Å². The standard InChI is InChI=1S/C11H15N/c1-4-6-7-10(3)8-11(5-2)9-12/h5-8H,4H2,1-3H3/b7-6?,10-8-,11-5+. The number of nitrogens with zero attached hydrogens (tertiary/aromatic N) is 1. The van der Waals surface area contributed by atoms with E-state index in [2.05, 4.69) is 19.1 Å². The van der Waals surface area contributed by atoms with Crippen LogP contribution in [0.2, 0.25) is 0 Å². The molecule has 0 heterocycles. The van der Waals surface area contributed by atoms with E-state index in [1.165, 1.54) is 0 Å². The molecule has 0 saturated heterocycles. The van der Waals surface area contributed by atoms with Crippen LogP contribution in [0.15, 0.2) is 35.5 Å². The Hall–Kier alpha value is -1.29. The second-order valence-corrected chi connectivity index (χ2v) is 2.55. The summed E-state index contributed by atoms with van der Waals surface area (Å²) in [6, 6.07) is 2.11. The molecular formula is C11H15N. The number of allylic oxidation sites excluding steroid dienone is 6. The zero-order valence-electron chi connectivity index (χ0n) is 7.96. The van der Waals surface area contributed by atoms with Crippen molar-refractivity contribution < 1.29 is 0 Å². The number of hydrogen-bond donors (Lipinski definition) is 0. The molecule has 0 spiro atoms. The van der Waals surface area contributed by atoms with Crippen LogP contribution < -0.4 is 0 Å². The summed E-state index contributed by atoms with van der Waals surface area (Å²) in [4.78, 5) is 0. The lowest BCUT2D eigenvalue weighted by Gasteiger charge is -1.90.